The molecule has 5 aromatic rings. The Labute approximate surface area is 572 Å². The summed E-state index contributed by atoms with van der Waals surface area (Å²) in [4.78, 5) is 181. The van der Waals surface area contributed by atoms with Gasteiger partial charge in [0.25, 0.3) is 27.1 Å². The van der Waals surface area contributed by atoms with E-state index in [2.05, 4.69) is 25.6 Å². The minimum Gasteiger partial charge on any atom is -0.426 e. The number of carbonyl (C=O) groups excluding carboxylic acids is 5. The number of rotatable bonds is 24. The number of alkyl halides is 1. The van der Waals surface area contributed by atoms with Gasteiger partial charge >= 0.3 is 52.7 Å². The van der Waals surface area contributed by atoms with Crippen LogP contribution in [0.2, 0.25) is 0 Å². The molecule has 47 heteroatoms. The number of likely N-dealkylation sites (tertiary alicyclic amines) is 2. The van der Waals surface area contributed by atoms with Crippen molar-refractivity contribution >= 4 is 116 Å². The zero-order chi connectivity index (χ0) is 76.3. The molecule has 7 rings (SSSR count). The maximum atomic E-state index is 12.5. The number of amides is 4. The smallest absolute Gasteiger partial charge is 0.426 e. The van der Waals surface area contributed by atoms with Gasteiger partial charge < -0.3 is 126 Å². The molecule has 4 amide bonds. The van der Waals surface area contributed by atoms with E-state index in [1.807, 2.05) is 70.2 Å². The number of hydrogen-bond acceptors (Lipinski definition) is 22. The summed E-state index contributed by atoms with van der Waals surface area (Å²) in [7, 11) is -33.7. The lowest BCUT2D eigenvalue weighted by atomic mass is 9.78. The molecular weight excluding hydrogens is 1460 g/mol. The second-order valence-corrected chi connectivity index (χ2v) is 33.1. The summed E-state index contributed by atoms with van der Waals surface area (Å²) in [5.74, 6) is -2.15. The zero-order valence-electron chi connectivity index (χ0n) is 53.9. The number of pyridine rings is 2. The predicted octanol–water partition coefficient (Wildman–Crippen LogP) is -0.767. The lowest BCUT2D eigenvalue weighted by molar-refractivity contribution is -0.135. The van der Waals surface area contributed by atoms with Gasteiger partial charge in [-0.2, -0.15) is 0 Å². The monoisotopic (exact) mass is 1550 g/mol. The number of imidazole rings is 1. The molecule has 2 aromatic carbocycles. The lowest BCUT2D eigenvalue weighted by Gasteiger charge is -2.29. The fraction of sp³-hybridized carbons (Fsp3) is 0.500. The third-order valence-corrected chi connectivity index (χ3v) is 25.8. The molecule has 2 aliphatic heterocycles. The Kier molecular flexibility index (Phi) is 37.8. The SMILES string of the molecule is CC.CC.NCCC(O)(P(=O)(O)O)P(=O)(O)O.NCCCC(O)(P(=O)(O)O)P(=O)(O)O.NCCc1cn(CC(O)(P(=O)(O)O)P(=O)(O)O)cn1.O=C(NCC(=O)N1CCCC1C(=O)CCl)c1ccnc2ccccc12.O=C(NCC(=O)N1CCC[C@H]1B(O)O)c1ccnc2ccccc12. The van der Waals surface area contributed by atoms with Crippen LogP contribution in [0.5, 0.6) is 0 Å². The molecule has 39 nitrogen and oxygen atoms in total. The van der Waals surface area contributed by atoms with Crippen LogP contribution in [0.4, 0.5) is 0 Å². The summed E-state index contributed by atoms with van der Waals surface area (Å²) in [6, 6.07) is 17.4. The molecule has 5 heterocycles. The number of Topliss-reactive ketones (excluding diaryl/α,β-unsaturated/α-hetero) is 1. The molecule has 2 saturated heterocycles. The fourth-order valence-electron chi connectivity index (χ4n) is 9.02. The lowest BCUT2D eigenvalue weighted by Crippen LogP contribution is -2.48. The first kappa shape index (κ1) is 92.0. The highest BCUT2D eigenvalue weighted by Crippen LogP contribution is 2.70. The molecule has 0 spiro atoms. The summed E-state index contributed by atoms with van der Waals surface area (Å²) in [5.41, 5.74) is 18.0. The highest BCUT2D eigenvalue weighted by Gasteiger charge is 2.61. The van der Waals surface area contributed by atoms with E-state index in [0.717, 1.165) is 34.5 Å². The number of nitrogens with one attached hydrogen (secondary N) is 2. The highest BCUT2D eigenvalue weighted by molar-refractivity contribution is 7.73. The Morgan fingerprint density at radius 1 is 0.566 bits per heavy atom. The van der Waals surface area contributed by atoms with Crippen LogP contribution in [-0.4, -0.2) is 229 Å². The van der Waals surface area contributed by atoms with Crippen molar-refractivity contribution < 1.29 is 135 Å². The number of fused-ring (bicyclic) bond motifs is 2. The quantitative estimate of drug-likeness (QED) is 0.0205. The zero-order valence-corrected chi connectivity index (χ0v) is 60.0. The largest absolute Gasteiger partial charge is 0.475 e. The Balaban J connectivity index is 0.000000625. The second-order valence-electron chi connectivity index (χ2n) is 20.8. The van der Waals surface area contributed by atoms with Gasteiger partial charge in [0.05, 0.1) is 71.7 Å². The number of benzene rings is 2. The summed E-state index contributed by atoms with van der Waals surface area (Å²) in [5, 5.41) is 43.1. The van der Waals surface area contributed by atoms with Gasteiger partial charge in [0, 0.05) is 61.7 Å². The van der Waals surface area contributed by atoms with Crippen molar-refractivity contribution in [3.63, 3.8) is 0 Å². The molecule has 2 atom stereocenters. The highest BCUT2D eigenvalue weighted by atomic mass is 35.5. The van der Waals surface area contributed by atoms with E-state index in [9.17, 15) is 71.6 Å². The predicted molar refractivity (Wildman–Crippen MR) is 360 cm³/mol. The van der Waals surface area contributed by atoms with Crippen LogP contribution in [-0.2, 0) is 54.7 Å². The van der Waals surface area contributed by atoms with Gasteiger partial charge in [0.15, 0.2) is 5.78 Å². The van der Waals surface area contributed by atoms with Crippen LogP contribution in [0.3, 0.4) is 0 Å². The molecule has 2 aliphatic rings. The molecule has 558 valence electrons. The van der Waals surface area contributed by atoms with E-state index in [1.165, 1.54) is 16.0 Å². The minimum atomic E-state index is -5.46. The number of hydrogen-bond donors (Lipinski definition) is 22. The molecule has 0 radical (unpaired) electrons. The Bertz CT molecular complexity index is 3680. The van der Waals surface area contributed by atoms with E-state index in [1.54, 1.807) is 30.6 Å². The van der Waals surface area contributed by atoms with Crippen molar-refractivity contribution in [2.45, 2.75) is 113 Å². The van der Waals surface area contributed by atoms with E-state index in [-0.39, 0.29) is 67.9 Å². The molecule has 1 unspecified atom stereocenters. The van der Waals surface area contributed by atoms with Gasteiger partial charge in [-0.05, 0) is 76.0 Å². The van der Waals surface area contributed by atoms with Crippen LogP contribution in [0.1, 0.15) is 99.1 Å². The Hall–Kier alpha value is -5.05. The van der Waals surface area contributed by atoms with Crippen molar-refractivity contribution in [2.75, 3.05) is 51.7 Å². The van der Waals surface area contributed by atoms with Gasteiger partial charge in [-0.3, -0.25) is 61.3 Å². The number of nitrogens with zero attached hydrogens (tertiary/aromatic N) is 6. The van der Waals surface area contributed by atoms with Gasteiger partial charge in [-0.15, -0.1) is 11.6 Å². The number of aliphatic hydroxyl groups is 3. The Morgan fingerprint density at radius 3 is 1.35 bits per heavy atom. The molecule has 0 saturated carbocycles. The van der Waals surface area contributed by atoms with Crippen molar-refractivity contribution in [1.29, 1.82) is 0 Å². The minimum absolute atomic E-state index is 0.0394. The van der Waals surface area contributed by atoms with E-state index >= 15 is 0 Å². The number of nitrogens with two attached hydrogens (primary N) is 3. The molecule has 0 bridgehead atoms. The first-order valence-electron chi connectivity index (χ1n) is 29.7. The summed E-state index contributed by atoms with van der Waals surface area (Å²) in [6.45, 7) is 7.46. The molecule has 2 fully saturated rings. The maximum Gasteiger partial charge on any atom is 0.475 e. The number of halogens is 1. The first-order chi connectivity index (χ1) is 45.8. The maximum absolute atomic E-state index is 12.5. The summed E-state index contributed by atoms with van der Waals surface area (Å²) < 4.78 is 65.9. The third kappa shape index (κ3) is 25.7. The van der Waals surface area contributed by atoms with E-state index < -0.39 is 106 Å². The van der Waals surface area contributed by atoms with Gasteiger partial charge in [0.1, 0.15) is 0 Å². The number of para-hydroxylation sites is 2. The topological polar surface area (TPSA) is 684 Å². The van der Waals surface area contributed by atoms with Gasteiger partial charge in [0.2, 0.25) is 11.8 Å². The van der Waals surface area contributed by atoms with Crippen molar-refractivity contribution in [3.8, 4) is 0 Å². The normalized spacial score (nSPS) is 15.1. The second kappa shape index (κ2) is 40.7. The van der Waals surface area contributed by atoms with Crippen LogP contribution in [0, 0.1) is 0 Å². The fourth-order valence-corrected chi connectivity index (χ4v) is 15.7. The number of carbonyl (C=O) groups is 5. The van der Waals surface area contributed by atoms with Gasteiger partial charge in [-0.25, -0.2) is 4.98 Å². The van der Waals surface area contributed by atoms with E-state index in [0.29, 0.717) is 60.2 Å². The number of ketones is 1. The molecule has 0 aliphatic carbocycles. The third-order valence-electron chi connectivity index (χ3n) is 14.1. The van der Waals surface area contributed by atoms with Crippen LogP contribution >= 0.6 is 57.2 Å². The van der Waals surface area contributed by atoms with Crippen LogP contribution in [0.25, 0.3) is 21.8 Å². The number of aromatic nitrogens is 4. The summed E-state index contributed by atoms with van der Waals surface area (Å²) >= 11 is 5.60. The average molecular weight is 1550 g/mol. The first-order valence-corrected chi connectivity index (χ1v) is 39.9. The van der Waals surface area contributed by atoms with Crippen molar-refractivity contribution in [3.05, 3.63) is 102 Å². The Morgan fingerprint density at radius 2 is 0.970 bits per heavy atom. The molecule has 3 aromatic heterocycles. The standard InChI is InChI=1S/C18H18ClN3O3.C16H18BN3O4.C7H15N3O7P2.C4H13NO7P2.C3H11NO7P2.2C2H6/c19-10-16(23)15-6-3-9-22(15)17(24)11-21-18(25)13-7-8-20-14-5-2-1-4-12(13)14;21-15(20-9-3-6-14(20)17(23)24)10-19-16(22)12-7-8-18-13-5-2-1-4-11(12)13;8-2-1-6-3-10(5-9-6)4-7(11,18(12,13)14)19(15,16)17;5-3-1-2-4(6,13(7,8)9)14(10,11)12;4-2-1-3(5,12(6,7)8)13(9,10)11;2*1-2/h1-2,4-5,7-8,15H,3,6,9-11H2,(H,21,25);1-2,4-5,7-8,14,23-24H,3,6,9-10H2,(H,19,22);3,5,11H,1-2,4,8H2,(H2,12,13,14)(H2,15,16,17);6H,1-3,5H2,(H2,7,8,9)(H2,10,11,12);5H,1-2,4H2,(H2,6,7,8)(H2,9,10,11);2*1-2H3/t;14-;;;;;/m.0...../s1. The van der Waals surface area contributed by atoms with E-state index in [4.69, 9.17) is 92.6 Å². The van der Waals surface area contributed by atoms with Crippen LogP contribution in [0.15, 0.2) is 85.6 Å². The molecule has 25 N–H and O–H groups in total. The van der Waals surface area contributed by atoms with Crippen LogP contribution < -0.4 is 27.8 Å². The average Bonchev–Trinajstić information content (AvgIpc) is 1.06. The van der Waals surface area contributed by atoms with Crippen molar-refractivity contribution in [1.82, 2.24) is 40.0 Å². The molecule has 99 heavy (non-hydrogen) atoms. The molecular formula is C52H87BClN11O28P6. The summed E-state index contributed by atoms with van der Waals surface area (Å²) in [6.07, 6.45) is 6.83. The van der Waals surface area contributed by atoms with Crippen molar-refractivity contribution in [2.24, 2.45) is 17.2 Å². The van der Waals surface area contributed by atoms with Gasteiger partial charge in [-0.1, -0.05) is 64.1 Å².